The first kappa shape index (κ1) is 31.3. The van der Waals surface area contributed by atoms with E-state index >= 15 is 0 Å². The minimum atomic E-state index is -0.232. The van der Waals surface area contributed by atoms with Gasteiger partial charge in [0.2, 0.25) is 0 Å². The molecule has 0 amide bonds. The molecule has 280 valence electrons. The zero-order valence-electron chi connectivity index (χ0n) is 39.8. The Hall–Kier alpha value is -3.41. The van der Waals surface area contributed by atoms with Crippen LogP contribution in [0.5, 0.6) is 11.5 Å². The SMILES string of the molecule is COc1ccc(F)c(-c2ccc(CCl)cc2C2CCCCCCC2)c1.COc1ccc(F)c(-c2ccc(CO)cc2C2CCCCCCC2)c1.[3HH].[3H][3H].[3H][3H].[3H][3H].[3H][3H].[3H][3H]. The number of benzene rings is 4. The van der Waals surface area contributed by atoms with Gasteiger partial charge in [-0.2, -0.15) is 0 Å². The molecule has 6 rings (SSSR count). The highest BCUT2D eigenvalue weighted by atomic mass is 35.5. The van der Waals surface area contributed by atoms with E-state index in [0.29, 0.717) is 40.3 Å². The molecule has 2 fully saturated rings. The Balaban J connectivity index is 0. The molecule has 4 aromatic carbocycles. The molecule has 0 atom stereocenters. The molecule has 0 aromatic heterocycles. The summed E-state index contributed by atoms with van der Waals surface area (Å²) in [6.07, 6.45) is 17.3. The standard InChI is InChI=1S/C22H26ClFO.C22H27FO2.6H2/c1-25-18-10-12-22(24)21(14-18)19-11-9-16(15-23)13-20(19)17-7-5-3-2-4-6-8-17;1-25-18-10-12-22(23)21(14-18)19-11-9-16(15-24)13-20(19)17-7-5-3-2-4-6-8-17;;;;;;/h9-14,17H,2-8,15H2,1H3;9-14,17,24H,2-8,15H2,1H3;6*1H/i;;5*1+2T;1+2. The van der Waals surface area contributed by atoms with Crippen LogP contribution >= 0.6 is 11.6 Å². The topological polar surface area (TPSA) is 38.7 Å². The lowest BCUT2D eigenvalue weighted by Crippen LogP contribution is -2.06. The third-order valence-corrected chi connectivity index (χ3v) is 10.9. The average Bonchev–Trinajstić information content (AvgIpc) is 3.30. The van der Waals surface area contributed by atoms with Gasteiger partial charge in [-0.1, -0.05) is 101 Å². The van der Waals surface area contributed by atoms with Crippen molar-refractivity contribution in [3.63, 3.8) is 0 Å². The van der Waals surface area contributed by atoms with Crippen molar-refractivity contribution in [1.82, 2.24) is 0 Å². The molecule has 0 saturated heterocycles. The van der Waals surface area contributed by atoms with Gasteiger partial charge in [-0.3, -0.25) is 0 Å². The number of ether oxygens (including phenoxy) is 2. The number of rotatable bonds is 8. The van der Waals surface area contributed by atoms with E-state index in [1.807, 2.05) is 24.3 Å². The van der Waals surface area contributed by atoms with Crippen molar-refractivity contribution in [1.29, 1.82) is 0 Å². The van der Waals surface area contributed by atoms with Crippen LogP contribution in [0.2, 0.25) is 0 Å². The summed E-state index contributed by atoms with van der Waals surface area (Å²) in [5, 5.41) is 9.57. The number of halogens is 3. The van der Waals surface area contributed by atoms with Gasteiger partial charge in [0.15, 0.2) is 0 Å². The number of alkyl halides is 1. The van der Waals surface area contributed by atoms with E-state index in [1.165, 1.54) is 100 Å². The molecule has 0 heterocycles. The van der Waals surface area contributed by atoms with Gasteiger partial charge in [0.1, 0.15) is 23.1 Å². The van der Waals surface area contributed by atoms with Crippen molar-refractivity contribution in [3.8, 4) is 33.8 Å². The number of hydrogen-bond acceptors (Lipinski definition) is 3. The molecule has 6 heteroatoms. The van der Waals surface area contributed by atoms with Crippen LogP contribution in [-0.4, -0.2) is 19.3 Å². The van der Waals surface area contributed by atoms with Crippen LogP contribution < -0.4 is 9.47 Å². The Labute approximate surface area is 319 Å². The number of hydrogen-bond donors (Lipinski definition) is 1. The van der Waals surface area contributed by atoms with Gasteiger partial charge in [0, 0.05) is 33.3 Å². The van der Waals surface area contributed by atoms with Gasteiger partial charge >= 0.3 is 0 Å². The van der Waals surface area contributed by atoms with Crippen molar-refractivity contribution < 1.29 is 39.6 Å². The van der Waals surface area contributed by atoms with Crippen molar-refractivity contribution in [2.24, 2.45) is 0 Å². The molecule has 50 heavy (non-hydrogen) atoms. The molecular weight excluding hydrogens is 650 g/mol. The van der Waals surface area contributed by atoms with Crippen LogP contribution in [-0.2, 0) is 12.5 Å². The molecule has 4 aromatic rings. The van der Waals surface area contributed by atoms with Gasteiger partial charge in [-0.15, -0.1) is 11.6 Å². The summed E-state index contributed by atoms with van der Waals surface area (Å²) in [4.78, 5) is 0. The van der Waals surface area contributed by atoms with E-state index < -0.39 is 0 Å². The molecule has 2 aliphatic carbocycles. The third kappa shape index (κ3) is 9.88. The molecule has 0 spiro atoms. The monoisotopic (exact) mass is 737 g/mol. The summed E-state index contributed by atoms with van der Waals surface area (Å²) in [7, 11) is 3.21. The minimum absolute atomic E-state index is 0. The zero-order valence-corrected chi connectivity index (χ0v) is 30.6. The van der Waals surface area contributed by atoms with Gasteiger partial charge in [0.05, 0.1) is 20.8 Å². The summed E-state index contributed by atoms with van der Waals surface area (Å²) in [6, 6.07) is 22.0. The second kappa shape index (κ2) is 19.3. The first-order valence-electron chi connectivity index (χ1n) is 23.6. The minimum Gasteiger partial charge on any atom is -0.497 e. The fourth-order valence-corrected chi connectivity index (χ4v) is 7.95. The van der Waals surface area contributed by atoms with Gasteiger partial charge in [0.25, 0.3) is 0 Å². The first-order chi connectivity index (χ1) is 29.4. The maximum Gasteiger partial charge on any atom is 0.131 e. The highest BCUT2D eigenvalue weighted by Gasteiger charge is 2.22. The molecule has 3 nitrogen and oxygen atoms in total. The van der Waals surface area contributed by atoms with E-state index in [2.05, 4.69) is 12.1 Å². The fourth-order valence-electron chi connectivity index (χ4n) is 7.78. The zero-order chi connectivity index (χ0) is 45.3. The van der Waals surface area contributed by atoms with E-state index in [1.54, 1.807) is 38.5 Å². The maximum atomic E-state index is 14.6. The number of aliphatic hydroxyl groups is 1. The van der Waals surface area contributed by atoms with Gasteiger partial charge in [-0.05, 0) is 107 Å². The lowest BCUT2D eigenvalue weighted by Gasteiger charge is -2.24. The largest absolute Gasteiger partial charge is 0.497 e. The first-order valence-corrected chi connectivity index (χ1v) is 19.1. The molecule has 2 saturated carbocycles. The van der Waals surface area contributed by atoms with E-state index in [0.717, 1.165) is 35.1 Å². The molecular formula is C44H65ClF2O3. The lowest BCUT2D eigenvalue weighted by atomic mass is 9.81. The highest BCUT2D eigenvalue weighted by Crippen LogP contribution is 2.41. The van der Waals surface area contributed by atoms with Crippen LogP contribution in [0.15, 0.2) is 72.8 Å². The van der Waals surface area contributed by atoms with Crippen molar-refractivity contribution in [2.75, 3.05) is 14.2 Å². The molecule has 0 aliphatic heterocycles. The summed E-state index contributed by atoms with van der Waals surface area (Å²) < 4.78 is 89.7. The molecule has 1 N–H and O–H groups in total. The number of methoxy groups -OCH3 is 2. The van der Waals surface area contributed by atoms with E-state index in [9.17, 15) is 13.9 Å². The van der Waals surface area contributed by atoms with Crippen molar-refractivity contribution >= 4 is 11.6 Å². The summed E-state index contributed by atoms with van der Waals surface area (Å²) in [5.41, 5.74) is 7.52. The Bertz CT molecular complexity index is 1570. The Morgan fingerprint density at radius 2 is 0.980 bits per heavy atom. The van der Waals surface area contributed by atoms with Crippen LogP contribution in [0.3, 0.4) is 0 Å². The predicted molar refractivity (Wildman–Crippen MR) is 215 cm³/mol. The quantitative estimate of drug-likeness (QED) is 0.183. The van der Waals surface area contributed by atoms with Gasteiger partial charge in [-0.25, -0.2) is 8.78 Å². The number of aliphatic hydroxyl groups excluding tert-OH is 1. The van der Waals surface area contributed by atoms with E-state index in [-0.39, 0.29) is 19.7 Å². The van der Waals surface area contributed by atoms with Gasteiger partial charge < -0.3 is 14.6 Å². The highest BCUT2D eigenvalue weighted by molar-refractivity contribution is 6.17. The Kier molecular flexibility index (Phi) is 12.1. The lowest BCUT2D eigenvalue weighted by molar-refractivity contribution is 0.281. The summed E-state index contributed by atoms with van der Waals surface area (Å²) in [5.74, 6) is 2.29. The molecule has 0 unspecified atom stereocenters. The normalized spacial score (nSPS) is 17.1. The second-order valence-electron chi connectivity index (χ2n) is 13.9. The Morgan fingerprint density at radius 3 is 1.38 bits per heavy atom. The van der Waals surface area contributed by atoms with Crippen molar-refractivity contribution in [2.45, 2.75) is 114 Å². The Morgan fingerprint density at radius 1 is 0.580 bits per heavy atom. The average molecular weight is 738 g/mol. The summed E-state index contributed by atoms with van der Waals surface area (Å²) >= 11 is 6.08. The molecule has 0 bridgehead atoms. The van der Waals surface area contributed by atoms with Crippen LogP contribution in [0.1, 0.15) is 140 Å². The van der Waals surface area contributed by atoms with Crippen LogP contribution in [0.25, 0.3) is 22.3 Å². The smallest absolute Gasteiger partial charge is 0.131 e. The predicted octanol–water partition coefficient (Wildman–Crippen LogP) is 14.4. The van der Waals surface area contributed by atoms with E-state index in [4.69, 9.17) is 35.9 Å². The summed E-state index contributed by atoms with van der Waals surface area (Å²) in [6.45, 7) is 0.0145. The second-order valence-corrected chi connectivity index (χ2v) is 14.2. The van der Waals surface area contributed by atoms with Crippen LogP contribution in [0.4, 0.5) is 8.78 Å². The third-order valence-electron chi connectivity index (χ3n) is 10.6. The fraction of sp³-hybridized carbons (Fsp3) is 0.455. The van der Waals surface area contributed by atoms with Crippen LogP contribution in [0, 0.1) is 11.6 Å². The molecule has 0 radical (unpaired) electrons. The molecule has 2 aliphatic rings. The van der Waals surface area contributed by atoms with Crippen molar-refractivity contribution in [3.05, 3.63) is 107 Å². The maximum absolute atomic E-state index is 14.6.